The number of methoxy groups -OCH3 is 1. The largest absolute Gasteiger partial charge is 0.465 e. The third-order valence-electron chi connectivity index (χ3n) is 3.43. The van der Waals surface area contributed by atoms with Crippen LogP contribution in [0.15, 0.2) is 18.2 Å². The molecule has 0 aliphatic carbocycles. The number of esters is 1. The number of ether oxygens (including phenoxy) is 2. The zero-order chi connectivity index (χ0) is 15.9. The van der Waals surface area contributed by atoms with Gasteiger partial charge in [0.05, 0.1) is 31.6 Å². The predicted molar refractivity (Wildman–Crippen MR) is 97.6 cm³/mol. The molecule has 7 nitrogen and oxygen atoms in total. The van der Waals surface area contributed by atoms with Gasteiger partial charge in [0.2, 0.25) is 5.91 Å². The van der Waals surface area contributed by atoms with E-state index in [1.807, 2.05) is 6.07 Å². The second-order valence-electron chi connectivity index (χ2n) is 4.91. The molecular formula is C15H23Cl2N3O4. The molecule has 0 radical (unpaired) electrons. The number of benzene rings is 1. The number of morpholine rings is 1. The zero-order valence-corrected chi connectivity index (χ0v) is 15.1. The standard InChI is InChI=1S/C15H21N3O4.2ClH/c1-21-15(20)12-10-11(18-6-8-22-9-7-18)2-3-13(12)17-14(19)4-5-16;;/h2-3,10H,4-9,16H2,1H3,(H,17,19);2*1H. The Hall–Kier alpha value is -1.54. The lowest BCUT2D eigenvalue weighted by Crippen LogP contribution is -2.36. The molecule has 9 heteroatoms. The number of hydrogen-bond donors (Lipinski definition) is 2. The topological polar surface area (TPSA) is 93.9 Å². The van der Waals surface area contributed by atoms with Gasteiger partial charge in [0.1, 0.15) is 0 Å². The average Bonchev–Trinajstić information content (AvgIpc) is 2.55. The fourth-order valence-electron chi connectivity index (χ4n) is 2.28. The van der Waals surface area contributed by atoms with Crippen molar-refractivity contribution in [2.75, 3.05) is 50.2 Å². The number of nitrogens with zero attached hydrogens (tertiary/aromatic N) is 1. The van der Waals surface area contributed by atoms with Crippen molar-refractivity contribution < 1.29 is 19.1 Å². The van der Waals surface area contributed by atoms with E-state index < -0.39 is 5.97 Å². The van der Waals surface area contributed by atoms with Crippen LogP contribution in [0.25, 0.3) is 0 Å². The zero-order valence-electron chi connectivity index (χ0n) is 13.4. The van der Waals surface area contributed by atoms with Crippen LogP contribution in [0.2, 0.25) is 0 Å². The summed E-state index contributed by atoms with van der Waals surface area (Å²) in [5, 5.41) is 2.69. The monoisotopic (exact) mass is 379 g/mol. The first-order valence-corrected chi connectivity index (χ1v) is 7.20. The molecule has 0 atom stereocenters. The van der Waals surface area contributed by atoms with Gasteiger partial charge in [-0.2, -0.15) is 0 Å². The van der Waals surface area contributed by atoms with Crippen LogP contribution in [0.3, 0.4) is 0 Å². The van der Waals surface area contributed by atoms with Gasteiger partial charge in [0.15, 0.2) is 0 Å². The van der Waals surface area contributed by atoms with Crippen molar-refractivity contribution in [3.05, 3.63) is 23.8 Å². The maximum Gasteiger partial charge on any atom is 0.340 e. The first-order valence-electron chi connectivity index (χ1n) is 7.20. The smallest absolute Gasteiger partial charge is 0.340 e. The Bertz CT molecular complexity index is 552. The molecule has 24 heavy (non-hydrogen) atoms. The molecule has 1 aromatic carbocycles. The van der Waals surface area contributed by atoms with Crippen LogP contribution < -0.4 is 16.0 Å². The Morgan fingerprint density at radius 2 is 1.96 bits per heavy atom. The number of nitrogens with two attached hydrogens (primary N) is 1. The highest BCUT2D eigenvalue weighted by Crippen LogP contribution is 2.25. The van der Waals surface area contributed by atoms with Crippen molar-refractivity contribution in [2.24, 2.45) is 5.73 Å². The number of carbonyl (C=O) groups is 2. The lowest BCUT2D eigenvalue weighted by molar-refractivity contribution is -0.116. The molecule has 0 unspecified atom stereocenters. The van der Waals surface area contributed by atoms with Crippen molar-refractivity contribution in [3.63, 3.8) is 0 Å². The summed E-state index contributed by atoms with van der Waals surface area (Å²) in [6, 6.07) is 5.32. The molecule has 0 spiro atoms. The third-order valence-corrected chi connectivity index (χ3v) is 3.43. The van der Waals surface area contributed by atoms with Gasteiger partial charge in [0, 0.05) is 31.7 Å². The minimum Gasteiger partial charge on any atom is -0.465 e. The molecule has 1 aliphatic heterocycles. The lowest BCUT2D eigenvalue weighted by Gasteiger charge is -2.29. The quantitative estimate of drug-likeness (QED) is 0.751. The van der Waals surface area contributed by atoms with Crippen LogP contribution in [-0.2, 0) is 14.3 Å². The van der Waals surface area contributed by atoms with E-state index in [-0.39, 0.29) is 43.7 Å². The van der Waals surface area contributed by atoms with Crippen LogP contribution in [0.4, 0.5) is 11.4 Å². The molecule has 1 amide bonds. The Morgan fingerprint density at radius 1 is 1.29 bits per heavy atom. The highest BCUT2D eigenvalue weighted by molar-refractivity contribution is 6.02. The summed E-state index contributed by atoms with van der Waals surface area (Å²) in [4.78, 5) is 25.8. The molecule has 1 heterocycles. The number of hydrogen-bond acceptors (Lipinski definition) is 6. The number of rotatable bonds is 5. The van der Waals surface area contributed by atoms with Crippen LogP contribution in [0.1, 0.15) is 16.8 Å². The fraction of sp³-hybridized carbons (Fsp3) is 0.467. The number of halogens is 2. The molecule has 3 N–H and O–H groups in total. The SMILES string of the molecule is COC(=O)c1cc(N2CCOCC2)ccc1NC(=O)CCN.Cl.Cl. The van der Waals surface area contributed by atoms with Crippen molar-refractivity contribution in [3.8, 4) is 0 Å². The van der Waals surface area contributed by atoms with Gasteiger partial charge in [-0.05, 0) is 18.2 Å². The first kappa shape index (κ1) is 22.5. The third kappa shape index (κ3) is 5.83. The normalized spacial score (nSPS) is 13.3. The maximum atomic E-state index is 12.0. The van der Waals surface area contributed by atoms with Crippen molar-refractivity contribution >= 4 is 48.1 Å². The fourth-order valence-corrected chi connectivity index (χ4v) is 2.28. The molecule has 0 saturated carbocycles. The predicted octanol–water partition coefficient (Wildman–Crippen LogP) is 1.44. The Labute approximate surface area is 153 Å². The minimum absolute atomic E-state index is 0. The van der Waals surface area contributed by atoms with Crippen LogP contribution in [0.5, 0.6) is 0 Å². The average molecular weight is 380 g/mol. The summed E-state index contributed by atoms with van der Waals surface area (Å²) in [5.41, 5.74) is 7.02. The lowest BCUT2D eigenvalue weighted by atomic mass is 10.1. The van der Waals surface area contributed by atoms with Gasteiger partial charge in [-0.15, -0.1) is 24.8 Å². The highest BCUT2D eigenvalue weighted by Gasteiger charge is 2.18. The van der Waals surface area contributed by atoms with Crippen molar-refractivity contribution in [1.82, 2.24) is 0 Å². The summed E-state index contributed by atoms with van der Waals surface area (Å²) < 4.78 is 10.1. The van der Waals surface area contributed by atoms with E-state index in [0.29, 0.717) is 24.5 Å². The van der Waals surface area contributed by atoms with Gasteiger partial charge in [0.25, 0.3) is 0 Å². The van der Waals surface area contributed by atoms with Gasteiger partial charge < -0.3 is 25.4 Å². The van der Waals surface area contributed by atoms with E-state index >= 15 is 0 Å². The second-order valence-corrected chi connectivity index (χ2v) is 4.91. The van der Waals surface area contributed by atoms with Crippen molar-refractivity contribution in [1.29, 1.82) is 0 Å². The molecule has 1 saturated heterocycles. The van der Waals surface area contributed by atoms with Crippen molar-refractivity contribution in [2.45, 2.75) is 6.42 Å². The highest BCUT2D eigenvalue weighted by atomic mass is 35.5. The maximum absolute atomic E-state index is 12.0. The summed E-state index contributed by atoms with van der Waals surface area (Å²) in [6.45, 7) is 3.09. The Balaban J connectivity index is 0.00000264. The number of carbonyl (C=O) groups excluding carboxylic acids is 2. The minimum atomic E-state index is -0.488. The van der Waals surface area contributed by atoms with E-state index in [1.54, 1.807) is 12.1 Å². The summed E-state index contributed by atoms with van der Waals surface area (Å²) in [6.07, 6.45) is 0.200. The van der Waals surface area contributed by atoms with Gasteiger partial charge >= 0.3 is 5.97 Å². The molecule has 1 aliphatic rings. The molecule has 1 aromatic rings. The number of amides is 1. The van der Waals surface area contributed by atoms with Gasteiger partial charge in [-0.1, -0.05) is 0 Å². The molecule has 2 rings (SSSR count). The van der Waals surface area contributed by atoms with E-state index in [9.17, 15) is 9.59 Å². The summed E-state index contributed by atoms with van der Waals surface area (Å²) in [7, 11) is 1.31. The number of anilines is 2. The van der Waals surface area contributed by atoms with Gasteiger partial charge in [-0.3, -0.25) is 4.79 Å². The Morgan fingerprint density at radius 3 is 2.54 bits per heavy atom. The van der Waals surface area contributed by atoms with E-state index in [0.717, 1.165) is 18.8 Å². The molecule has 1 fully saturated rings. The Kier molecular flexibility index (Phi) is 10.4. The van der Waals surface area contributed by atoms with Crippen LogP contribution in [0, 0.1) is 0 Å². The van der Waals surface area contributed by atoms with E-state index in [2.05, 4.69) is 10.2 Å². The van der Waals surface area contributed by atoms with E-state index in [1.165, 1.54) is 7.11 Å². The molecular weight excluding hydrogens is 357 g/mol. The van der Waals surface area contributed by atoms with Crippen LogP contribution in [-0.4, -0.2) is 51.8 Å². The summed E-state index contributed by atoms with van der Waals surface area (Å²) in [5.74, 6) is -0.718. The molecule has 0 aromatic heterocycles. The first-order chi connectivity index (χ1) is 10.7. The van der Waals surface area contributed by atoms with E-state index in [4.69, 9.17) is 15.2 Å². The summed E-state index contributed by atoms with van der Waals surface area (Å²) >= 11 is 0. The second kappa shape index (κ2) is 11.1. The number of nitrogens with one attached hydrogen (secondary N) is 1. The van der Waals surface area contributed by atoms with Crippen LogP contribution >= 0.6 is 24.8 Å². The molecule has 0 bridgehead atoms. The van der Waals surface area contributed by atoms with Gasteiger partial charge in [-0.25, -0.2) is 4.79 Å². The molecule has 136 valence electrons.